The molecule has 1 fully saturated rings. The van der Waals surface area contributed by atoms with Crippen LogP contribution >= 0.6 is 47.9 Å². The number of aromatic nitrogens is 1. The lowest BCUT2D eigenvalue weighted by Gasteiger charge is -2.37. The van der Waals surface area contributed by atoms with Crippen LogP contribution < -0.4 is 10.6 Å². The number of piperidine rings is 1. The van der Waals surface area contributed by atoms with Gasteiger partial charge in [-0.1, -0.05) is 12.1 Å². The average molecular weight is 464 g/mol. The van der Waals surface area contributed by atoms with Crippen LogP contribution in [0.5, 0.6) is 0 Å². The Kier molecular flexibility index (Phi) is 11.4. The van der Waals surface area contributed by atoms with Gasteiger partial charge in [0, 0.05) is 35.1 Å². The molecule has 0 spiro atoms. The lowest BCUT2D eigenvalue weighted by atomic mass is 9.79. The SMILES string of the molecule is COCC1(CNC(=O)c2ccccc2SCc2cscn2)CCNCC1.Cl.Cl. The predicted octanol–water partition coefficient (Wildman–Crippen LogP) is 4.03. The molecule has 0 radical (unpaired) electrons. The Morgan fingerprint density at radius 1 is 1.32 bits per heavy atom. The van der Waals surface area contributed by atoms with Crippen molar-refractivity contribution in [2.45, 2.75) is 23.5 Å². The van der Waals surface area contributed by atoms with E-state index in [1.807, 2.05) is 35.2 Å². The van der Waals surface area contributed by atoms with Gasteiger partial charge < -0.3 is 15.4 Å². The molecule has 3 rings (SSSR count). The Balaban J connectivity index is 0.00000196. The van der Waals surface area contributed by atoms with Gasteiger partial charge in [-0.2, -0.15) is 0 Å². The number of thiazole rings is 1. The molecule has 2 N–H and O–H groups in total. The van der Waals surface area contributed by atoms with Gasteiger partial charge in [-0.15, -0.1) is 47.9 Å². The molecule has 1 aliphatic rings. The quantitative estimate of drug-likeness (QED) is 0.578. The molecule has 0 atom stereocenters. The Hall–Kier alpha value is -0.830. The zero-order chi connectivity index (χ0) is 18.2. The fourth-order valence-electron chi connectivity index (χ4n) is 3.24. The van der Waals surface area contributed by atoms with Crippen LogP contribution in [-0.4, -0.2) is 44.2 Å². The van der Waals surface area contributed by atoms with Crippen molar-refractivity contribution in [2.24, 2.45) is 5.41 Å². The number of thioether (sulfide) groups is 1. The van der Waals surface area contributed by atoms with Crippen molar-refractivity contribution in [3.8, 4) is 0 Å². The number of methoxy groups -OCH3 is 1. The summed E-state index contributed by atoms with van der Waals surface area (Å²) in [6, 6.07) is 7.78. The van der Waals surface area contributed by atoms with Crippen molar-refractivity contribution >= 4 is 53.8 Å². The van der Waals surface area contributed by atoms with E-state index >= 15 is 0 Å². The smallest absolute Gasteiger partial charge is 0.252 e. The molecule has 0 bridgehead atoms. The van der Waals surface area contributed by atoms with Crippen molar-refractivity contribution in [3.05, 3.63) is 46.4 Å². The number of halogens is 2. The number of nitrogens with zero attached hydrogens (tertiary/aromatic N) is 1. The van der Waals surface area contributed by atoms with Crippen LogP contribution in [0.25, 0.3) is 0 Å². The number of ether oxygens (including phenoxy) is 1. The molecule has 2 heterocycles. The van der Waals surface area contributed by atoms with E-state index in [4.69, 9.17) is 4.74 Å². The number of carbonyl (C=O) groups is 1. The number of benzene rings is 1. The minimum atomic E-state index is -0.0135. The molecule has 0 aliphatic carbocycles. The third kappa shape index (κ3) is 6.90. The van der Waals surface area contributed by atoms with Gasteiger partial charge in [0.1, 0.15) is 0 Å². The van der Waals surface area contributed by atoms with Gasteiger partial charge in [0.25, 0.3) is 5.91 Å². The van der Waals surface area contributed by atoms with Gasteiger partial charge in [0.15, 0.2) is 0 Å². The molecule has 1 aliphatic heterocycles. The lowest BCUT2D eigenvalue weighted by Crippen LogP contribution is -2.47. The van der Waals surface area contributed by atoms with Crippen molar-refractivity contribution in [2.75, 3.05) is 33.4 Å². The number of nitrogens with one attached hydrogen (secondary N) is 2. The van der Waals surface area contributed by atoms with Crippen LogP contribution in [0, 0.1) is 5.41 Å². The van der Waals surface area contributed by atoms with Gasteiger partial charge in [-0.05, 0) is 38.1 Å². The summed E-state index contributed by atoms with van der Waals surface area (Å²) >= 11 is 3.25. The summed E-state index contributed by atoms with van der Waals surface area (Å²) in [5.41, 5.74) is 3.64. The first kappa shape index (κ1) is 25.2. The molecule has 2 aromatic rings. The highest BCUT2D eigenvalue weighted by molar-refractivity contribution is 7.98. The van der Waals surface area contributed by atoms with Crippen LogP contribution in [0.15, 0.2) is 40.1 Å². The second-order valence-electron chi connectivity index (χ2n) is 6.63. The van der Waals surface area contributed by atoms with Crippen molar-refractivity contribution < 1.29 is 9.53 Å². The fraction of sp³-hybridized carbons (Fsp3) is 0.474. The second-order valence-corrected chi connectivity index (χ2v) is 8.37. The topological polar surface area (TPSA) is 63.2 Å². The van der Waals surface area contributed by atoms with E-state index in [1.165, 1.54) is 0 Å². The minimum Gasteiger partial charge on any atom is -0.384 e. The summed E-state index contributed by atoms with van der Waals surface area (Å²) in [6.45, 7) is 3.26. The van der Waals surface area contributed by atoms with Gasteiger partial charge in [-0.25, -0.2) is 4.98 Å². The molecule has 0 unspecified atom stereocenters. The third-order valence-corrected chi connectivity index (χ3v) is 6.47. The van der Waals surface area contributed by atoms with E-state index in [0.29, 0.717) is 13.2 Å². The number of amides is 1. The highest BCUT2D eigenvalue weighted by Crippen LogP contribution is 2.29. The van der Waals surface area contributed by atoms with E-state index in [9.17, 15) is 4.79 Å². The lowest BCUT2D eigenvalue weighted by molar-refractivity contribution is 0.0511. The molecule has 0 saturated carbocycles. The highest BCUT2D eigenvalue weighted by Gasteiger charge is 2.32. The Morgan fingerprint density at radius 3 is 2.75 bits per heavy atom. The zero-order valence-corrected chi connectivity index (χ0v) is 19.1. The van der Waals surface area contributed by atoms with Crippen LogP contribution in [0.3, 0.4) is 0 Å². The van der Waals surface area contributed by atoms with E-state index < -0.39 is 0 Å². The molecule has 1 saturated heterocycles. The predicted molar refractivity (Wildman–Crippen MR) is 121 cm³/mol. The summed E-state index contributed by atoms with van der Waals surface area (Å²) < 4.78 is 5.44. The van der Waals surface area contributed by atoms with Gasteiger partial charge in [0.2, 0.25) is 0 Å². The molecule has 28 heavy (non-hydrogen) atoms. The molecule has 1 aromatic heterocycles. The summed E-state index contributed by atoms with van der Waals surface area (Å²) in [6.07, 6.45) is 2.03. The summed E-state index contributed by atoms with van der Waals surface area (Å²) in [4.78, 5) is 18.1. The third-order valence-electron chi connectivity index (χ3n) is 4.73. The zero-order valence-electron chi connectivity index (χ0n) is 15.8. The first-order valence-corrected chi connectivity index (χ1v) is 10.7. The number of hydrogen-bond acceptors (Lipinski definition) is 6. The monoisotopic (exact) mass is 463 g/mol. The molecule has 156 valence electrons. The standard InChI is InChI=1S/C19H25N3O2S2.2ClH/c1-24-13-19(6-8-20-9-7-19)12-21-18(23)16-4-2-3-5-17(16)26-11-15-10-25-14-22-15;;/h2-5,10,14,20H,6-9,11-13H2,1H3,(H,21,23);2*1H. The maximum absolute atomic E-state index is 12.8. The van der Waals surface area contributed by atoms with E-state index in [2.05, 4.69) is 15.6 Å². The van der Waals surface area contributed by atoms with Crippen molar-refractivity contribution in [1.82, 2.24) is 15.6 Å². The van der Waals surface area contributed by atoms with E-state index in [-0.39, 0.29) is 36.1 Å². The average Bonchev–Trinajstić information content (AvgIpc) is 3.19. The number of carbonyl (C=O) groups excluding carboxylic acids is 1. The Bertz CT molecular complexity index is 705. The minimum absolute atomic E-state index is 0. The molecule has 1 aromatic carbocycles. The maximum Gasteiger partial charge on any atom is 0.252 e. The molecule has 5 nitrogen and oxygen atoms in total. The van der Waals surface area contributed by atoms with Crippen LogP contribution in [0.1, 0.15) is 28.9 Å². The first-order valence-electron chi connectivity index (χ1n) is 8.79. The van der Waals surface area contributed by atoms with E-state index in [1.54, 1.807) is 30.2 Å². The summed E-state index contributed by atoms with van der Waals surface area (Å²) in [7, 11) is 1.73. The van der Waals surface area contributed by atoms with Crippen LogP contribution in [0.2, 0.25) is 0 Å². The maximum atomic E-state index is 12.8. The van der Waals surface area contributed by atoms with Crippen molar-refractivity contribution in [3.63, 3.8) is 0 Å². The normalized spacial score (nSPS) is 15.2. The number of hydrogen-bond donors (Lipinski definition) is 2. The molecular formula is C19H27Cl2N3O2S2. The van der Waals surface area contributed by atoms with Crippen LogP contribution in [-0.2, 0) is 10.5 Å². The Labute approximate surface area is 187 Å². The Morgan fingerprint density at radius 2 is 2.07 bits per heavy atom. The highest BCUT2D eigenvalue weighted by atomic mass is 35.5. The molecule has 9 heteroatoms. The number of rotatable bonds is 8. The van der Waals surface area contributed by atoms with Crippen LogP contribution in [0.4, 0.5) is 0 Å². The molecular weight excluding hydrogens is 437 g/mol. The summed E-state index contributed by atoms with van der Waals surface area (Å²) in [5.74, 6) is 0.757. The van der Waals surface area contributed by atoms with E-state index in [0.717, 1.165) is 47.8 Å². The molecule has 1 amide bonds. The van der Waals surface area contributed by atoms with Gasteiger partial charge >= 0.3 is 0 Å². The van der Waals surface area contributed by atoms with Gasteiger partial charge in [-0.3, -0.25) is 4.79 Å². The fourth-order valence-corrected chi connectivity index (χ4v) is 4.86. The largest absolute Gasteiger partial charge is 0.384 e. The van der Waals surface area contributed by atoms with Crippen molar-refractivity contribution in [1.29, 1.82) is 0 Å². The van der Waals surface area contributed by atoms with Gasteiger partial charge in [0.05, 0.1) is 23.4 Å². The second kappa shape index (κ2) is 12.7. The first-order chi connectivity index (χ1) is 12.7. The summed E-state index contributed by atoms with van der Waals surface area (Å²) in [5, 5.41) is 8.58.